The predicted molar refractivity (Wildman–Crippen MR) is 62.9 cm³/mol. The quantitative estimate of drug-likeness (QED) is 0.591. The highest BCUT2D eigenvalue weighted by molar-refractivity contribution is 5.64. The van der Waals surface area contributed by atoms with E-state index in [0.29, 0.717) is 11.3 Å². The Balaban J connectivity index is 2.43. The second kappa shape index (κ2) is 4.05. The highest BCUT2D eigenvalue weighted by Crippen LogP contribution is 2.22. The lowest BCUT2D eigenvalue weighted by Crippen LogP contribution is -2.00. The summed E-state index contributed by atoms with van der Waals surface area (Å²) in [5.74, 6) is 0.323. The molecular formula is C10H9N5O2. The van der Waals surface area contributed by atoms with E-state index in [-0.39, 0.29) is 17.5 Å². The van der Waals surface area contributed by atoms with Crippen molar-refractivity contribution in [2.24, 2.45) is 0 Å². The highest BCUT2D eigenvalue weighted by Gasteiger charge is 2.07. The fraction of sp³-hybridized carbons (Fsp3) is 0. The number of nitrogen functional groups attached to an aromatic ring is 2. The molecule has 1 heterocycles. The minimum absolute atomic E-state index is 0.0174. The number of hydrogen-bond donors (Lipinski definition) is 2. The van der Waals surface area contributed by atoms with Crippen molar-refractivity contribution in [1.29, 1.82) is 0 Å². The largest absolute Gasteiger partial charge is 0.384 e. The summed E-state index contributed by atoms with van der Waals surface area (Å²) < 4.78 is 0. The third-order valence-corrected chi connectivity index (χ3v) is 2.14. The van der Waals surface area contributed by atoms with E-state index in [2.05, 4.69) is 9.97 Å². The SMILES string of the molecule is Nc1cc(-c2ccc([N+](=O)[O-])cc2)nc(N)n1. The first-order valence-electron chi connectivity index (χ1n) is 4.71. The van der Waals surface area contributed by atoms with Gasteiger partial charge in [0.05, 0.1) is 10.6 Å². The third kappa shape index (κ3) is 2.28. The van der Waals surface area contributed by atoms with Gasteiger partial charge in [-0.2, -0.15) is 4.98 Å². The molecule has 7 heteroatoms. The summed E-state index contributed by atoms with van der Waals surface area (Å²) in [6, 6.07) is 7.50. The lowest BCUT2D eigenvalue weighted by atomic mass is 10.1. The number of nitro groups is 1. The van der Waals surface area contributed by atoms with Crippen LogP contribution < -0.4 is 11.5 Å². The molecule has 1 aromatic heterocycles. The van der Waals surface area contributed by atoms with Crippen LogP contribution in [0.25, 0.3) is 11.3 Å². The average molecular weight is 231 g/mol. The fourth-order valence-electron chi connectivity index (χ4n) is 1.39. The van der Waals surface area contributed by atoms with Gasteiger partial charge >= 0.3 is 0 Å². The van der Waals surface area contributed by atoms with Crippen LogP contribution in [0.5, 0.6) is 0 Å². The molecule has 17 heavy (non-hydrogen) atoms. The van der Waals surface area contributed by atoms with Gasteiger partial charge in [-0.3, -0.25) is 10.1 Å². The van der Waals surface area contributed by atoms with Gasteiger partial charge in [0.15, 0.2) is 0 Å². The lowest BCUT2D eigenvalue weighted by Gasteiger charge is -2.02. The van der Waals surface area contributed by atoms with Crippen LogP contribution in [0.3, 0.4) is 0 Å². The Morgan fingerprint density at radius 1 is 1.12 bits per heavy atom. The Morgan fingerprint density at radius 3 is 2.29 bits per heavy atom. The van der Waals surface area contributed by atoms with E-state index in [1.807, 2.05) is 0 Å². The van der Waals surface area contributed by atoms with Crippen LogP contribution in [0, 0.1) is 10.1 Å². The standard InChI is InChI=1S/C10H9N5O2/c11-9-5-8(13-10(12)14-9)6-1-3-7(4-2-6)15(16)17/h1-5H,(H4,11,12,13,14). The summed E-state index contributed by atoms with van der Waals surface area (Å²) in [7, 11) is 0. The van der Waals surface area contributed by atoms with Gasteiger partial charge in [-0.05, 0) is 12.1 Å². The topological polar surface area (TPSA) is 121 Å². The number of nitro benzene ring substituents is 1. The highest BCUT2D eigenvalue weighted by atomic mass is 16.6. The van der Waals surface area contributed by atoms with Crippen molar-refractivity contribution in [2.75, 3.05) is 11.5 Å². The molecule has 1 aromatic carbocycles. The van der Waals surface area contributed by atoms with Crippen LogP contribution >= 0.6 is 0 Å². The van der Waals surface area contributed by atoms with Gasteiger partial charge in [0.2, 0.25) is 5.95 Å². The molecule has 0 unspecified atom stereocenters. The Labute approximate surface area is 96.3 Å². The van der Waals surface area contributed by atoms with Crippen molar-refractivity contribution in [3.63, 3.8) is 0 Å². The smallest absolute Gasteiger partial charge is 0.269 e. The molecule has 2 rings (SSSR count). The molecule has 0 aliphatic heterocycles. The van der Waals surface area contributed by atoms with Crippen LogP contribution in [-0.2, 0) is 0 Å². The summed E-state index contributed by atoms with van der Waals surface area (Å²) in [5.41, 5.74) is 12.2. The van der Waals surface area contributed by atoms with Gasteiger partial charge in [-0.1, -0.05) is 0 Å². The maximum Gasteiger partial charge on any atom is 0.269 e. The van der Waals surface area contributed by atoms with Gasteiger partial charge in [0.1, 0.15) is 5.82 Å². The van der Waals surface area contributed by atoms with E-state index in [4.69, 9.17) is 11.5 Å². The van der Waals surface area contributed by atoms with E-state index < -0.39 is 4.92 Å². The Morgan fingerprint density at radius 2 is 1.76 bits per heavy atom. The normalized spacial score (nSPS) is 10.1. The molecule has 0 amide bonds. The molecule has 2 aromatic rings. The van der Waals surface area contributed by atoms with Gasteiger partial charge in [0, 0.05) is 23.8 Å². The lowest BCUT2D eigenvalue weighted by molar-refractivity contribution is -0.384. The first-order chi connectivity index (χ1) is 8.06. The van der Waals surface area contributed by atoms with E-state index in [1.165, 1.54) is 12.1 Å². The van der Waals surface area contributed by atoms with E-state index in [1.54, 1.807) is 18.2 Å². The number of aromatic nitrogens is 2. The molecule has 0 atom stereocenters. The zero-order valence-electron chi connectivity index (χ0n) is 8.70. The van der Waals surface area contributed by atoms with Crippen LogP contribution in [0.2, 0.25) is 0 Å². The second-order valence-electron chi connectivity index (χ2n) is 3.34. The zero-order chi connectivity index (χ0) is 12.4. The third-order valence-electron chi connectivity index (χ3n) is 2.14. The summed E-state index contributed by atoms with van der Waals surface area (Å²) in [4.78, 5) is 17.8. The van der Waals surface area contributed by atoms with Crippen molar-refractivity contribution >= 4 is 17.5 Å². The molecule has 0 bridgehead atoms. The molecule has 0 spiro atoms. The number of benzene rings is 1. The van der Waals surface area contributed by atoms with Crippen molar-refractivity contribution in [3.8, 4) is 11.3 Å². The average Bonchev–Trinajstić information content (AvgIpc) is 2.28. The number of anilines is 2. The molecule has 86 valence electrons. The summed E-state index contributed by atoms with van der Waals surface area (Å²) in [6.45, 7) is 0. The molecule has 0 saturated carbocycles. The van der Waals surface area contributed by atoms with Gasteiger partial charge in [-0.15, -0.1) is 0 Å². The maximum atomic E-state index is 10.5. The Bertz CT molecular complexity index is 547. The molecule has 0 saturated heterocycles. The first kappa shape index (κ1) is 10.8. The second-order valence-corrected chi connectivity index (χ2v) is 3.34. The van der Waals surface area contributed by atoms with Gasteiger partial charge in [0.25, 0.3) is 5.69 Å². The minimum atomic E-state index is -0.466. The maximum absolute atomic E-state index is 10.5. The summed E-state index contributed by atoms with van der Waals surface area (Å²) in [6.07, 6.45) is 0. The van der Waals surface area contributed by atoms with E-state index in [9.17, 15) is 10.1 Å². The Kier molecular flexibility index (Phi) is 2.57. The minimum Gasteiger partial charge on any atom is -0.384 e. The molecule has 0 aliphatic rings. The van der Waals surface area contributed by atoms with Gasteiger partial charge in [-0.25, -0.2) is 4.98 Å². The Hall–Kier alpha value is -2.70. The van der Waals surface area contributed by atoms with Crippen LogP contribution in [0.4, 0.5) is 17.5 Å². The summed E-state index contributed by atoms with van der Waals surface area (Å²) >= 11 is 0. The number of nitrogens with two attached hydrogens (primary N) is 2. The van der Waals surface area contributed by atoms with Crippen LogP contribution in [0.15, 0.2) is 30.3 Å². The zero-order valence-corrected chi connectivity index (χ0v) is 8.70. The van der Waals surface area contributed by atoms with Crippen molar-refractivity contribution in [3.05, 3.63) is 40.4 Å². The summed E-state index contributed by atoms with van der Waals surface area (Å²) in [5, 5.41) is 10.5. The van der Waals surface area contributed by atoms with E-state index in [0.717, 1.165) is 0 Å². The number of rotatable bonds is 2. The van der Waals surface area contributed by atoms with Crippen LogP contribution in [0.1, 0.15) is 0 Å². The molecule has 4 N–H and O–H groups in total. The van der Waals surface area contributed by atoms with Crippen molar-refractivity contribution in [1.82, 2.24) is 9.97 Å². The number of nitrogens with zero attached hydrogens (tertiary/aromatic N) is 3. The molecule has 0 aliphatic carbocycles. The molecule has 7 nitrogen and oxygen atoms in total. The molecular weight excluding hydrogens is 222 g/mol. The van der Waals surface area contributed by atoms with Crippen molar-refractivity contribution in [2.45, 2.75) is 0 Å². The van der Waals surface area contributed by atoms with Crippen LogP contribution in [-0.4, -0.2) is 14.9 Å². The first-order valence-corrected chi connectivity index (χ1v) is 4.71. The van der Waals surface area contributed by atoms with Gasteiger partial charge < -0.3 is 11.5 Å². The molecule has 0 radical (unpaired) electrons. The number of hydrogen-bond acceptors (Lipinski definition) is 6. The monoisotopic (exact) mass is 231 g/mol. The molecule has 0 fully saturated rings. The fourth-order valence-corrected chi connectivity index (χ4v) is 1.39. The van der Waals surface area contributed by atoms with E-state index >= 15 is 0 Å². The predicted octanol–water partition coefficient (Wildman–Crippen LogP) is 1.22. The van der Waals surface area contributed by atoms with Crippen molar-refractivity contribution < 1.29 is 4.92 Å². The number of non-ortho nitro benzene ring substituents is 1.